The SMILES string of the molecule is NCCC#Cc1ccc(OC(F)(F)F)c(N)c1. The normalized spacial score (nSPS) is 10.6. The minimum Gasteiger partial charge on any atom is -0.404 e. The Labute approximate surface area is 96.5 Å². The van der Waals surface area contributed by atoms with Gasteiger partial charge in [-0.15, -0.1) is 13.2 Å². The highest BCUT2D eigenvalue weighted by atomic mass is 19.4. The number of hydrogen-bond donors (Lipinski definition) is 2. The van der Waals surface area contributed by atoms with Crippen molar-refractivity contribution in [3.05, 3.63) is 23.8 Å². The van der Waals surface area contributed by atoms with E-state index in [9.17, 15) is 13.2 Å². The Morgan fingerprint density at radius 2 is 2.00 bits per heavy atom. The van der Waals surface area contributed by atoms with Gasteiger partial charge in [0, 0.05) is 18.5 Å². The molecule has 4 N–H and O–H groups in total. The van der Waals surface area contributed by atoms with Crippen LogP contribution in [0, 0.1) is 11.8 Å². The highest BCUT2D eigenvalue weighted by Gasteiger charge is 2.31. The lowest BCUT2D eigenvalue weighted by Crippen LogP contribution is -2.18. The van der Waals surface area contributed by atoms with E-state index < -0.39 is 12.1 Å². The molecule has 0 heterocycles. The molecule has 0 saturated carbocycles. The Hall–Kier alpha value is -1.87. The number of ether oxygens (including phenoxy) is 1. The molecule has 6 heteroatoms. The van der Waals surface area contributed by atoms with Crippen LogP contribution in [0.4, 0.5) is 18.9 Å². The number of halogens is 3. The van der Waals surface area contributed by atoms with Crippen molar-refractivity contribution in [1.29, 1.82) is 0 Å². The lowest BCUT2D eigenvalue weighted by atomic mass is 10.2. The first-order chi connectivity index (χ1) is 7.92. The van der Waals surface area contributed by atoms with Crippen molar-refractivity contribution in [3.63, 3.8) is 0 Å². The van der Waals surface area contributed by atoms with Gasteiger partial charge >= 0.3 is 6.36 Å². The van der Waals surface area contributed by atoms with Crippen molar-refractivity contribution in [3.8, 4) is 17.6 Å². The molecule has 1 rings (SSSR count). The minimum absolute atomic E-state index is 0.109. The second-order valence-electron chi connectivity index (χ2n) is 3.14. The Balaban J connectivity index is 2.84. The molecule has 0 aliphatic rings. The van der Waals surface area contributed by atoms with Gasteiger partial charge in [-0.2, -0.15) is 0 Å². The Kier molecular flexibility index (Phi) is 4.24. The molecule has 0 aliphatic heterocycles. The second-order valence-corrected chi connectivity index (χ2v) is 3.14. The van der Waals surface area contributed by atoms with E-state index >= 15 is 0 Å². The third-order valence-corrected chi connectivity index (χ3v) is 1.74. The average molecular weight is 244 g/mol. The molecule has 0 unspecified atom stereocenters. The zero-order valence-corrected chi connectivity index (χ0v) is 8.84. The summed E-state index contributed by atoms with van der Waals surface area (Å²) in [6.45, 7) is 0.428. The molecule has 0 amide bonds. The van der Waals surface area contributed by atoms with E-state index in [2.05, 4.69) is 16.6 Å². The van der Waals surface area contributed by atoms with Gasteiger partial charge in [0.25, 0.3) is 0 Å². The van der Waals surface area contributed by atoms with Gasteiger partial charge in [0.2, 0.25) is 0 Å². The van der Waals surface area contributed by atoms with Crippen LogP contribution in [0.5, 0.6) is 5.75 Å². The van der Waals surface area contributed by atoms with Gasteiger partial charge in [-0.3, -0.25) is 0 Å². The summed E-state index contributed by atoms with van der Waals surface area (Å²) in [5.41, 5.74) is 11.1. The van der Waals surface area contributed by atoms with Crippen LogP contribution in [0.1, 0.15) is 12.0 Å². The molecule has 0 aromatic heterocycles. The summed E-state index contributed by atoms with van der Waals surface area (Å²) >= 11 is 0. The molecule has 0 fully saturated rings. The summed E-state index contributed by atoms with van der Waals surface area (Å²) in [6.07, 6.45) is -4.23. The van der Waals surface area contributed by atoms with Gasteiger partial charge in [0.15, 0.2) is 5.75 Å². The zero-order valence-electron chi connectivity index (χ0n) is 8.84. The van der Waals surface area contributed by atoms with Crippen LogP contribution in [0.15, 0.2) is 18.2 Å². The van der Waals surface area contributed by atoms with Crippen molar-refractivity contribution in [2.45, 2.75) is 12.8 Å². The zero-order chi connectivity index (χ0) is 12.9. The molecule has 0 saturated heterocycles. The summed E-state index contributed by atoms with van der Waals surface area (Å²) in [7, 11) is 0. The number of nitrogen functional groups attached to an aromatic ring is 1. The second kappa shape index (κ2) is 5.46. The predicted molar refractivity (Wildman–Crippen MR) is 58.1 cm³/mol. The van der Waals surface area contributed by atoms with Gasteiger partial charge in [-0.05, 0) is 18.2 Å². The van der Waals surface area contributed by atoms with Crippen molar-refractivity contribution in [2.75, 3.05) is 12.3 Å². The van der Waals surface area contributed by atoms with Gasteiger partial charge in [0.05, 0.1) is 5.69 Å². The lowest BCUT2D eigenvalue weighted by Gasteiger charge is -2.10. The fourth-order valence-corrected chi connectivity index (χ4v) is 1.08. The first-order valence-corrected chi connectivity index (χ1v) is 4.76. The molecule has 3 nitrogen and oxygen atoms in total. The van der Waals surface area contributed by atoms with Gasteiger partial charge in [-0.25, -0.2) is 0 Å². The van der Waals surface area contributed by atoms with E-state index in [1.807, 2.05) is 0 Å². The quantitative estimate of drug-likeness (QED) is 0.616. The molecule has 0 atom stereocenters. The van der Waals surface area contributed by atoms with Gasteiger partial charge < -0.3 is 16.2 Å². The van der Waals surface area contributed by atoms with Crippen LogP contribution >= 0.6 is 0 Å². The molecule has 0 bridgehead atoms. The van der Waals surface area contributed by atoms with Crippen LogP contribution < -0.4 is 16.2 Å². The monoisotopic (exact) mass is 244 g/mol. The third-order valence-electron chi connectivity index (χ3n) is 1.74. The topological polar surface area (TPSA) is 61.3 Å². The Morgan fingerprint density at radius 1 is 1.29 bits per heavy atom. The first kappa shape index (κ1) is 13.2. The van der Waals surface area contributed by atoms with Crippen molar-refractivity contribution >= 4 is 5.69 Å². The summed E-state index contributed by atoms with van der Waals surface area (Å²) in [5, 5.41) is 0. The summed E-state index contributed by atoms with van der Waals surface area (Å²) in [4.78, 5) is 0. The van der Waals surface area contributed by atoms with E-state index in [0.717, 1.165) is 6.07 Å². The molecular weight excluding hydrogens is 233 g/mol. The number of rotatable bonds is 2. The number of alkyl halides is 3. The maximum atomic E-state index is 12.0. The molecular formula is C11H11F3N2O. The van der Waals surface area contributed by atoms with E-state index in [4.69, 9.17) is 11.5 Å². The van der Waals surface area contributed by atoms with E-state index in [1.54, 1.807) is 0 Å². The van der Waals surface area contributed by atoms with E-state index in [0.29, 0.717) is 18.5 Å². The Morgan fingerprint density at radius 3 is 2.53 bits per heavy atom. The number of benzene rings is 1. The van der Waals surface area contributed by atoms with E-state index in [1.165, 1.54) is 12.1 Å². The van der Waals surface area contributed by atoms with Crippen LogP contribution in [0.3, 0.4) is 0 Å². The van der Waals surface area contributed by atoms with Crippen LogP contribution in [0.2, 0.25) is 0 Å². The minimum atomic E-state index is -4.75. The summed E-state index contributed by atoms with van der Waals surface area (Å²) in [6, 6.07) is 3.86. The summed E-state index contributed by atoms with van der Waals surface area (Å²) < 4.78 is 39.6. The highest BCUT2D eigenvalue weighted by Crippen LogP contribution is 2.28. The van der Waals surface area contributed by atoms with E-state index in [-0.39, 0.29) is 5.69 Å². The Bertz CT molecular complexity index is 446. The molecule has 17 heavy (non-hydrogen) atoms. The van der Waals surface area contributed by atoms with Gasteiger partial charge in [-0.1, -0.05) is 11.8 Å². The van der Waals surface area contributed by atoms with Crippen LogP contribution in [-0.4, -0.2) is 12.9 Å². The third kappa shape index (κ3) is 4.66. The molecule has 0 radical (unpaired) electrons. The summed E-state index contributed by atoms with van der Waals surface area (Å²) in [5.74, 6) is 5.05. The van der Waals surface area contributed by atoms with Crippen LogP contribution in [0.25, 0.3) is 0 Å². The van der Waals surface area contributed by atoms with Crippen molar-refractivity contribution in [2.24, 2.45) is 5.73 Å². The first-order valence-electron chi connectivity index (χ1n) is 4.76. The molecule has 1 aromatic rings. The predicted octanol–water partition coefficient (Wildman–Crippen LogP) is 1.87. The van der Waals surface area contributed by atoms with Crippen molar-refractivity contribution < 1.29 is 17.9 Å². The fourth-order valence-electron chi connectivity index (χ4n) is 1.08. The average Bonchev–Trinajstić information content (AvgIpc) is 2.21. The number of nitrogens with two attached hydrogens (primary N) is 2. The number of hydrogen-bond acceptors (Lipinski definition) is 3. The standard InChI is InChI=1S/C11H11F3N2O/c12-11(13,14)17-10-5-4-8(7-9(10)16)3-1-2-6-15/h4-5,7H,2,6,15-16H2. The van der Waals surface area contributed by atoms with Crippen LogP contribution in [-0.2, 0) is 0 Å². The maximum Gasteiger partial charge on any atom is 0.573 e. The molecule has 0 spiro atoms. The lowest BCUT2D eigenvalue weighted by molar-refractivity contribution is -0.274. The van der Waals surface area contributed by atoms with Gasteiger partial charge in [0.1, 0.15) is 0 Å². The number of anilines is 1. The fraction of sp³-hybridized carbons (Fsp3) is 0.273. The van der Waals surface area contributed by atoms with Crippen molar-refractivity contribution in [1.82, 2.24) is 0 Å². The smallest absolute Gasteiger partial charge is 0.404 e. The largest absolute Gasteiger partial charge is 0.573 e. The molecule has 1 aromatic carbocycles. The maximum absolute atomic E-state index is 12.0. The molecule has 92 valence electrons. The molecule has 0 aliphatic carbocycles. The highest BCUT2D eigenvalue weighted by molar-refractivity contribution is 5.57.